The molecule has 3 rings (SSSR count). The van der Waals surface area contributed by atoms with Gasteiger partial charge in [-0.15, -0.1) is 0 Å². The van der Waals surface area contributed by atoms with Gasteiger partial charge < -0.3 is 9.72 Å². The predicted octanol–water partition coefficient (Wildman–Crippen LogP) is 4.55. The maximum atomic E-state index is 6.12. The zero-order valence-electron chi connectivity index (χ0n) is 10.1. The van der Waals surface area contributed by atoms with E-state index < -0.39 is 0 Å². The summed E-state index contributed by atoms with van der Waals surface area (Å²) in [6.45, 7) is 0. The monoisotopic (exact) mass is 292 g/mol. The fraction of sp³-hybridized carbons (Fsp3) is 0.0714. The van der Waals surface area contributed by atoms with E-state index in [0.717, 1.165) is 22.4 Å². The highest BCUT2D eigenvalue weighted by Crippen LogP contribution is 2.31. The minimum atomic E-state index is 0.548. The van der Waals surface area contributed by atoms with E-state index in [0.29, 0.717) is 15.8 Å². The zero-order valence-corrected chi connectivity index (χ0v) is 11.6. The summed E-state index contributed by atoms with van der Waals surface area (Å²) < 4.78 is 5.13. The number of halogens is 2. The summed E-state index contributed by atoms with van der Waals surface area (Å²) >= 11 is 12.2. The van der Waals surface area contributed by atoms with E-state index in [1.807, 2.05) is 36.4 Å². The molecule has 5 heteroatoms. The largest absolute Gasteiger partial charge is 0.495 e. The van der Waals surface area contributed by atoms with Gasteiger partial charge >= 0.3 is 0 Å². The number of fused-ring (bicyclic) bond motifs is 1. The third-order valence-electron chi connectivity index (χ3n) is 2.89. The van der Waals surface area contributed by atoms with Crippen LogP contribution in [0.25, 0.3) is 22.4 Å². The van der Waals surface area contributed by atoms with Gasteiger partial charge in [0.25, 0.3) is 0 Å². The molecule has 0 aliphatic heterocycles. The fourth-order valence-electron chi connectivity index (χ4n) is 1.95. The Hall–Kier alpha value is -1.71. The van der Waals surface area contributed by atoms with Crippen LogP contribution in [0.2, 0.25) is 10.0 Å². The van der Waals surface area contributed by atoms with Crippen LogP contribution in [-0.4, -0.2) is 17.1 Å². The number of nitrogens with one attached hydrogen (secondary N) is 1. The van der Waals surface area contributed by atoms with Gasteiger partial charge in [-0.25, -0.2) is 4.98 Å². The lowest BCUT2D eigenvalue weighted by Crippen LogP contribution is -1.86. The van der Waals surface area contributed by atoms with Crippen molar-refractivity contribution in [1.82, 2.24) is 9.97 Å². The van der Waals surface area contributed by atoms with Gasteiger partial charge in [0.2, 0.25) is 0 Å². The molecule has 0 saturated carbocycles. The molecule has 0 aliphatic carbocycles. The van der Waals surface area contributed by atoms with Crippen molar-refractivity contribution < 1.29 is 4.74 Å². The molecule has 0 amide bonds. The molecule has 2 aromatic carbocycles. The number of methoxy groups -OCH3 is 1. The van der Waals surface area contributed by atoms with E-state index in [1.165, 1.54) is 0 Å². The van der Waals surface area contributed by atoms with Crippen LogP contribution in [0.4, 0.5) is 0 Å². The average Bonchev–Trinajstić information content (AvgIpc) is 2.84. The summed E-state index contributed by atoms with van der Waals surface area (Å²) in [5, 5.41) is 1.17. The van der Waals surface area contributed by atoms with Crippen LogP contribution < -0.4 is 4.74 Å². The summed E-state index contributed by atoms with van der Waals surface area (Å²) in [5.41, 5.74) is 2.54. The van der Waals surface area contributed by atoms with Gasteiger partial charge in [0.1, 0.15) is 17.1 Å². The summed E-state index contributed by atoms with van der Waals surface area (Å²) in [6, 6.07) is 11.2. The molecule has 3 aromatic rings. The zero-order chi connectivity index (χ0) is 13.4. The number of aromatic amines is 1. The lowest BCUT2D eigenvalue weighted by Gasteiger charge is -2.03. The number of rotatable bonds is 2. The quantitative estimate of drug-likeness (QED) is 0.753. The maximum absolute atomic E-state index is 6.12. The van der Waals surface area contributed by atoms with E-state index in [2.05, 4.69) is 9.97 Å². The molecule has 0 spiro atoms. The van der Waals surface area contributed by atoms with Crippen molar-refractivity contribution in [3.8, 4) is 17.1 Å². The molecule has 96 valence electrons. The van der Waals surface area contributed by atoms with Crippen LogP contribution in [0.1, 0.15) is 0 Å². The Kier molecular flexibility index (Phi) is 3.09. The van der Waals surface area contributed by atoms with Crippen molar-refractivity contribution in [1.29, 1.82) is 0 Å². The number of hydrogen-bond donors (Lipinski definition) is 1. The van der Waals surface area contributed by atoms with Crippen LogP contribution in [0.5, 0.6) is 5.75 Å². The van der Waals surface area contributed by atoms with E-state index in [-0.39, 0.29) is 0 Å². The third-order valence-corrected chi connectivity index (χ3v) is 3.49. The number of H-pyrrole nitrogens is 1. The number of hydrogen-bond acceptors (Lipinski definition) is 2. The van der Waals surface area contributed by atoms with Gasteiger partial charge in [-0.3, -0.25) is 0 Å². The summed E-state index contributed by atoms with van der Waals surface area (Å²) in [4.78, 5) is 7.71. The number of para-hydroxylation sites is 1. The highest BCUT2D eigenvalue weighted by molar-refractivity contribution is 6.35. The van der Waals surface area contributed by atoms with E-state index in [4.69, 9.17) is 27.9 Å². The lowest BCUT2D eigenvalue weighted by atomic mass is 10.2. The third kappa shape index (κ3) is 2.15. The fourth-order valence-corrected chi connectivity index (χ4v) is 2.42. The molecule has 0 saturated heterocycles. The Morgan fingerprint density at radius 3 is 2.63 bits per heavy atom. The SMILES string of the molecule is COc1ccc(-c2nc3c(Cl)cccc3[nH]2)cc1Cl. The Labute approximate surface area is 120 Å². The van der Waals surface area contributed by atoms with Crippen LogP contribution in [0.3, 0.4) is 0 Å². The number of benzene rings is 2. The highest BCUT2D eigenvalue weighted by Gasteiger charge is 2.09. The topological polar surface area (TPSA) is 37.9 Å². The Bertz CT molecular complexity index is 752. The maximum Gasteiger partial charge on any atom is 0.138 e. The molecule has 0 fully saturated rings. The first-order valence-corrected chi connectivity index (χ1v) is 6.43. The molecular weight excluding hydrogens is 283 g/mol. The molecular formula is C14H10Cl2N2O. The van der Waals surface area contributed by atoms with Crippen molar-refractivity contribution >= 4 is 34.2 Å². The molecule has 1 aromatic heterocycles. The Balaban J connectivity index is 2.14. The van der Waals surface area contributed by atoms with Crippen molar-refractivity contribution in [2.75, 3.05) is 7.11 Å². The van der Waals surface area contributed by atoms with Gasteiger partial charge in [-0.1, -0.05) is 29.3 Å². The minimum absolute atomic E-state index is 0.548. The second-order valence-electron chi connectivity index (χ2n) is 4.07. The van der Waals surface area contributed by atoms with Crippen LogP contribution in [0, 0.1) is 0 Å². The standard InChI is InChI=1S/C14H10Cl2N2O/c1-19-12-6-5-8(7-10(12)16)14-17-11-4-2-3-9(15)13(11)18-14/h2-7H,1H3,(H,17,18). The Morgan fingerprint density at radius 1 is 1.11 bits per heavy atom. The molecule has 1 heterocycles. The number of ether oxygens (including phenoxy) is 1. The van der Waals surface area contributed by atoms with Gasteiger partial charge in [0.15, 0.2) is 0 Å². The van der Waals surface area contributed by atoms with Crippen molar-refractivity contribution in [3.05, 3.63) is 46.4 Å². The van der Waals surface area contributed by atoms with E-state index in [1.54, 1.807) is 7.11 Å². The molecule has 0 atom stereocenters. The molecule has 0 aliphatic rings. The highest BCUT2D eigenvalue weighted by atomic mass is 35.5. The van der Waals surface area contributed by atoms with Crippen LogP contribution in [0.15, 0.2) is 36.4 Å². The normalized spacial score (nSPS) is 10.9. The van der Waals surface area contributed by atoms with Crippen molar-refractivity contribution in [2.24, 2.45) is 0 Å². The average molecular weight is 293 g/mol. The first kappa shape index (κ1) is 12.3. The lowest BCUT2D eigenvalue weighted by molar-refractivity contribution is 0.415. The molecule has 19 heavy (non-hydrogen) atoms. The van der Waals surface area contributed by atoms with Gasteiger partial charge in [0.05, 0.1) is 22.7 Å². The van der Waals surface area contributed by atoms with E-state index >= 15 is 0 Å². The van der Waals surface area contributed by atoms with Gasteiger partial charge in [-0.05, 0) is 30.3 Å². The molecule has 1 N–H and O–H groups in total. The minimum Gasteiger partial charge on any atom is -0.495 e. The van der Waals surface area contributed by atoms with Crippen LogP contribution in [-0.2, 0) is 0 Å². The van der Waals surface area contributed by atoms with Gasteiger partial charge in [-0.2, -0.15) is 0 Å². The predicted molar refractivity (Wildman–Crippen MR) is 78.1 cm³/mol. The van der Waals surface area contributed by atoms with Gasteiger partial charge in [0, 0.05) is 5.56 Å². The second kappa shape index (κ2) is 4.76. The smallest absolute Gasteiger partial charge is 0.138 e. The molecule has 0 unspecified atom stereocenters. The Morgan fingerprint density at radius 2 is 1.95 bits per heavy atom. The molecule has 3 nitrogen and oxygen atoms in total. The summed E-state index contributed by atoms with van der Waals surface area (Å²) in [6.07, 6.45) is 0. The summed E-state index contributed by atoms with van der Waals surface area (Å²) in [7, 11) is 1.59. The number of imidazole rings is 1. The second-order valence-corrected chi connectivity index (χ2v) is 4.89. The molecule has 0 bridgehead atoms. The summed E-state index contributed by atoms with van der Waals surface area (Å²) in [5.74, 6) is 1.37. The first-order chi connectivity index (χ1) is 9.19. The van der Waals surface area contributed by atoms with E-state index in [9.17, 15) is 0 Å². The van der Waals surface area contributed by atoms with Crippen molar-refractivity contribution in [3.63, 3.8) is 0 Å². The first-order valence-electron chi connectivity index (χ1n) is 5.67. The molecule has 0 radical (unpaired) electrons. The van der Waals surface area contributed by atoms with Crippen molar-refractivity contribution in [2.45, 2.75) is 0 Å². The number of aromatic nitrogens is 2. The number of nitrogens with zero attached hydrogens (tertiary/aromatic N) is 1. The van der Waals surface area contributed by atoms with Crippen LogP contribution >= 0.6 is 23.2 Å².